The van der Waals surface area contributed by atoms with Crippen LogP contribution in [0, 0.1) is 0 Å². The maximum Gasteiger partial charge on any atom is 0.433 e. The molecule has 0 aliphatic heterocycles. The Kier molecular flexibility index (Phi) is 3.20. The minimum Gasteiger partial charge on any atom is -0.431 e. The van der Waals surface area contributed by atoms with Gasteiger partial charge in [0.05, 0.1) is 0 Å². The molecule has 5 nitrogen and oxygen atoms in total. The summed E-state index contributed by atoms with van der Waals surface area (Å²) in [6.07, 6.45) is -4.59. The fourth-order valence-corrected chi connectivity index (χ4v) is 2.39. The smallest absolute Gasteiger partial charge is 0.431 e. The molecule has 0 bridgehead atoms. The van der Waals surface area contributed by atoms with Crippen LogP contribution >= 0.6 is 11.8 Å². The third kappa shape index (κ3) is 2.92. The Balaban J connectivity index is 1.95. The molecule has 0 atom stereocenters. The van der Waals surface area contributed by atoms with Gasteiger partial charge in [-0.2, -0.15) is 13.2 Å². The summed E-state index contributed by atoms with van der Waals surface area (Å²) in [4.78, 5) is 11.1. The van der Waals surface area contributed by atoms with Gasteiger partial charge in [0.2, 0.25) is 5.95 Å². The molecule has 2 aromatic heterocycles. The maximum absolute atomic E-state index is 12.7. The summed E-state index contributed by atoms with van der Waals surface area (Å²) in [5, 5.41) is 0.198. The van der Waals surface area contributed by atoms with E-state index in [9.17, 15) is 13.2 Å². The molecule has 3 aromatic rings. The van der Waals surface area contributed by atoms with Crippen LogP contribution in [0.15, 0.2) is 45.0 Å². The standard InChI is InChI=1S/C12H7F3N4OS/c13-12(14,15)8-5-9(19-10(16)18-8)21-11-17-6-3-1-2-4-7(6)20-11/h1-5H,(H2,16,18,19). The third-order valence-electron chi connectivity index (χ3n) is 2.48. The summed E-state index contributed by atoms with van der Waals surface area (Å²) in [6, 6.07) is 7.80. The average molecular weight is 312 g/mol. The van der Waals surface area contributed by atoms with Crippen LogP contribution in [0.1, 0.15) is 5.69 Å². The number of benzene rings is 1. The van der Waals surface area contributed by atoms with Crippen molar-refractivity contribution in [2.45, 2.75) is 16.4 Å². The molecule has 3 rings (SSSR count). The molecule has 2 heterocycles. The van der Waals surface area contributed by atoms with Crippen molar-refractivity contribution in [3.8, 4) is 0 Å². The van der Waals surface area contributed by atoms with E-state index in [4.69, 9.17) is 10.2 Å². The molecule has 0 amide bonds. The highest BCUT2D eigenvalue weighted by Crippen LogP contribution is 2.33. The van der Waals surface area contributed by atoms with Gasteiger partial charge in [-0.25, -0.2) is 15.0 Å². The predicted molar refractivity (Wildman–Crippen MR) is 69.6 cm³/mol. The van der Waals surface area contributed by atoms with Crippen LogP contribution in [-0.2, 0) is 6.18 Å². The largest absolute Gasteiger partial charge is 0.433 e. The molecule has 9 heteroatoms. The summed E-state index contributed by atoms with van der Waals surface area (Å²) < 4.78 is 43.4. The van der Waals surface area contributed by atoms with Crippen molar-refractivity contribution < 1.29 is 17.6 Å². The third-order valence-corrected chi connectivity index (χ3v) is 3.24. The number of nitrogens with zero attached hydrogens (tertiary/aromatic N) is 3. The first-order valence-corrected chi connectivity index (χ1v) is 6.48. The Morgan fingerprint density at radius 2 is 1.86 bits per heavy atom. The van der Waals surface area contributed by atoms with Gasteiger partial charge >= 0.3 is 6.18 Å². The lowest BCUT2D eigenvalue weighted by atomic mass is 10.3. The van der Waals surface area contributed by atoms with E-state index in [0.717, 1.165) is 17.8 Å². The number of oxazole rings is 1. The number of fused-ring (bicyclic) bond motifs is 1. The second-order valence-corrected chi connectivity index (χ2v) is 4.97. The molecule has 0 saturated heterocycles. The first-order chi connectivity index (χ1) is 9.91. The number of rotatable bonds is 2. The highest BCUT2D eigenvalue weighted by molar-refractivity contribution is 7.99. The molecule has 0 radical (unpaired) electrons. The zero-order valence-electron chi connectivity index (χ0n) is 10.3. The van der Waals surface area contributed by atoms with E-state index in [1.54, 1.807) is 24.3 Å². The first kappa shape index (κ1) is 13.7. The topological polar surface area (TPSA) is 77.8 Å². The number of hydrogen-bond acceptors (Lipinski definition) is 6. The molecule has 0 unspecified atom stereocenters. The zero-order chi connectivity index (χ0) is 15.0. The monoisotopic (exact) mass is 312 g/mol. The Morgan fingerprint density at radius 1 is 1.10 bits per heavy atom. The van der Waals surface area contributed by atoms with E-state index in [1.807, 2.05) is 0 Å². The van der Waals surface area contributed by atoms with Gasteiger partial charge < -0.3 is 10.2 Å². The van der Waals surface area contributed by atoms with Crippen LogP contribution in [0.4, 0.5) is 19.1 Å². The Hall–Kier alpha value is -2.29. The summed E-state index contributed by atoms with van der Waals surface area (Å²) in [5.74, 6) is -0.455. The molecule has 2 N–H and O–H groups in total. The lowest BCUT2D eigenvalue weighted by Gasteiger charge is -2.07. The van der Waals surface area contributed by atoms with E-state index in [0.29, 0.717) is 11.1 Å². The van der Waals surface area contributed by atoms with Gasteiger partial charge in [0, 0.05) is 6.07 Å². The lowest BCUT2D eigenvalue weighted by Crippen LogP contribution is -2.11. The zero-order valence-corrected chi connectivity index (χ0v) is 11.1. The highest BCUT2D eigenvalue weighted by atomic mass is 32.2. The molecule has 0 aliphatic rings. The number of nitrogen functional groups attached to an aromatic ring is 1. The van der Waals surface area contributed by atoms with Gasteiger partial charge in [0.15, 0.2) is 11.3 Å². The number of para-hydroxylation sites is 2. The molecule has 0 aliphatic carbocycles. The summed E-state index contributed by atoms with van der Waals surface area (Å²) in [5.41, 5.74) is 5.34. The van der Waals surface area contributed by atoms with Crippen LogP contribution in [0.2, 0.25) is 0 Å². The second-order valence-electron chi connectivity index (χ2n) is 4.00. The Labute approximate surface area is 120 Å². The number of anilines is 1. The van der Waals surface area contributed by atoms with Crippen LogP contribution < -0.4 is 5.73 Å². The fraction of sp³-hybridized carbons (Fsp3) is 0.0833. The Morgan fingerprint density at radius 3 is 2.57 bits per heavy atom. The van der Waals surface area contributed by atoms with E-state index < -0.39 is 17.8 Å². The number of nitrogens with two attached hydrogens (primary N) is 1. The van der Waals surface area contributed by atoms with Crippen molar-refractivity contribution in [2.75, 3.05) is 5.73 Å². The van der Waals surface area contributed by atoms with Crippen LogP contribution in [-0.4, -0.2) is 15.0 Å². The second kappa shape index (κ2) is 4.92. The number of halogens is 3. The van der Waals surface area contributed by atoms with Gasteiger partial charge in [-0.1, -0.05) is 12.1 Å². The normalized spacial score (nSPS) is 12.0. The predicted octanol–water partition coefficient (Wildman–Crippen LogP) is 3.37. The van der Waals surface area contributed by atoms with Crippen molar-refractivity contribution >= 4 is 28.8 Å². The van der Waals surface area contributed by atoms with Crippen molar-refractivity contribution in [1.82, 2.24) is 15.0 Å². The molecule has 0 fully saturated rings. The van der Waals surface area contributed by atoms with E-state index in [-0.39, 0.29) is 10.2 Å². The molecular weight excluding hydrogens is 305 g/mol. The van der Waals surface area contributed by atoms with E-state index >= 15 is 0 Å². The fourth-order valence-electron chi connectivity index (χ4n) is 1.62. The number of alkyl halides is 3. The first-order valence-electron chi connectivity index (χ1n) is 5.67. The minimum absolute atomic E-state index is 0.0152. The summed E-state index contributed by atoms with van der Waals surface area (Å²) in [7, 11) is 0. The quantitative estimate of drug-likeness (QED) is 0.731. The minimum atomic E-state index is -4.59. The average Bonchev–Trinajstić information content (AvgIpc) is 2.79. The SMILES string of the molecule is Nc1nc(Sc2nc3ccccc3o2)cc(C(F)(F)F)n1. The summed E-state index contributed by atoms with van der Waals surface area (Å²) in [6.45, 7) is 0. The highest BCUT2D eigenvalue weighted by Gasteiger charge is 2.33. The maximum atomic E-state index is 12.7. The van der Waals surface area contributed by atoms with Crippen LogP contribution in [0.25, 0.3) is 11.1 Å². The van der Waals surface area contributed by atoms with E-state index in [1.165, 1.54) is 0 Å². The molecule has 108 valence electrons. The van der Waals surface area contributed by atoms with Crippen LogP contribution in [0.5, 0.6) is 0 Å². The number of hydrogen-bond donors (Lipinski definition) is 1. The van der Waals surface area contributed by atoms with Crippen molar-refractivity contribution in [3.05, 3.63) is 36.0 Å². The molecule has 1 aromatic carbocycles. The van der Waals surface area contributed by atoms with Gasteiger partial charge in [-0.3, -0.25) is 0 Å². The Bertz CT molecular complexity index is 770. The molecule has 0 spiro atoms. The van der Waals surface area contributed by atoms with E-state index in [2.05, 4.69) is 15.0 Å². The van der Waals surface area contributed by atoms with Crippen LogP contribution in [0.3, 0.4) is 0 Å². The lowest BCUT2D eigenvalue weighted by molar-refractivity contribution is -0.141. The number of aromatic nitrogens is 3. The van der Waals surface area contributed by atoms with Crippen molar-refractivity contribution in [3.63, 3.8) is 0 Å². The summed E-state index contributed by atoms with van der Waals surface area (Å²) >= 11 is 0.849. The molecular formula is C12H7F3N4OS. The van der Waals surface area contributed by atoms with Gasteiger partial charge in [0.25, 0.3) is 5.22 Å². The van der Waals surface area contributed by atoms with Gasteiger partial charge in [-0.05, 0) is 23.9 Å². The van der Waals surface area contributed by atoms with Crippen molar-refractivity contribution in [1.29, 1.82) is 0 Å². The van der Waals surface area contributed by atoms with Crippen molar-refractivity contribution in [2.24, 2.45) is 0 Å². The van der Waals surface area contributed by atoms with Gasteiger partial charge in [0.1, 0.15) is 10.5 Å². The molecule has 21 heavy (non-hydrogen) atoms. The van der Waals surface area contributed by atoms with Gasteiger partial charge in [-0.15, -0.1) is 0 Å². The molecule has 0 saturated carbocycles.